The van der Waals surface area contributed by atoms with Crippen molar-refractivity contribution >= 4 is 17.7 Å². The van der Waals surface area contributed by atoms with Crippen molar-refractivity contribution in [1.29, 1.82) is 0 Å². The lowest BCUT2D eigenvalue weighted by Gasteiger charge is -2.28. The zero-order valence-electron chi connectivity index (χ0n) is 25.2. The van der Waals surface area contributed by atoms with Crippen LogP contribution in [0.5, 0.6) is 5.75 Å². The van der Waals surface area contributed by atoms with Crippen LogP contribution in [0.25, 0.3) is 5.69 Å². The fraction of sp³-hybridized carbons (Fsp3) is 0.344. The summed E-state index contributed by atoms with van der Waals surface area (Å²) in [6, 6.07) is 13.3. The Hall–Kier alpha value is -4.64. The number of nitrogens with zero attached hydrogens (tertiary/aromatic N) is 4. The molecule has 0 bridgehead atoms. The number of carbonyl (C=O) groups is 1. The number of nitrogens with one attached hydrogen (secondary N) is 2. The van der Waals surface area contributed by atoms with Gasteiger partial charge in [-0.05, 0) is 49.9 Å². The Balaban J connectivity index is 1.51. The zero-order chi connectivity index (χ0) is 31.0. The Bertz CT molecular complexity index is 1490. The van der Waals surface area contributed by atoms with E-state index in [0.29, 0.717) is 49.3 Å². The molecule has 1 fully saturated rings. The minimum Gasteiger partial charge on any atom is -0.439 e. The third-order valence-corrected chi connectivity index (χ3v) is 7.34. The number of benzene rings is 2. The fourth-order valence-electron chi connectivity index (χ4n) is 4.29. The molecule has 1 aliphatic rings. The van der Waals surface area contributed by atoms with Crippen LogP contribution in [0.3, 0.4) is 0 Å². The molecule has 1 saturated heterocycles. The quantitative estimate of drug-likeness (QED) is 0.216. The summed E-state index contributed by atoms with van der Waals surface area (Å²) in [5.41, 5.74) is 8.63. The Labute approximate surface area is 252 Å². The van der Waals surface area contributed by atoms with Gasteiger partial charge in [0, 0.05) is 42.8 Å². The molecule has 2 amide bonds. The molecule has 3 aromatic rings. The molecule has 2 aromatic carbocycles. The van der Waals surface area contributed by atoms with Crippen molar-refractivity contribution in [2.24, 2.45) is 10.7 Å². The molecule has 1 aliphatic heterocycles. The summed E-state index contributed by atoms with van der Waals surface area (Å²) >= 11 is 0. The number of aryl methyl sites for hydroxylation is 1. The third-order valence-electron chi connectivity index (χ3n) is 7.34. The molecule has 0 spiro atoms. The second-order valence-corrected chi connectivity index (χ2v) is 10.9. The van der Waals surface area contributed by atoms with Crippen molar-refractivity contribution in [2.45, 2.75) is 46.1 Å². The molecule has 4 N–H and O–H groups in total. The van der Waals surface area contributed by atoms with Gasteiger partial charge >= 0.3 is 6.03 Å². The summed E-state index contributed by atoms with van der Waals surface area (Å²) in [6.07, 6.45) is 3.66. The summed E-state index contributed by atoms with van der Waals surface area (Å²) in [6.45, 7) is 14.8. The topological polar surface area (TPSA) is 119 Å². The highest BCUT2D eigenvalue weighted by molar-refractivity contribution is 5.90. The van der Waals surface area contributed by atoms with E-state index in [9.17, 15) is 9.18 Å². The summed E-state index contributed by atoms with van der Waals surface area (Å²) in [4.78, 5) is 19.6. The van der Waals surface area contributed by atoms with Crippen LogP contribution < -0.4 is 21.1 Å². The predicted octanol–water partition coefficient (Wildman–Crippen LogP) is 5.38. The highest BCUT2D eigenvalue weighted by atomic mass is 19.1. The molecule has 4 rings (SSSR count). The second-order valence-electron chi connectivity index (χ2n) is 10.9. The standard InChI is InChI=1S/C32H40FN7O3/c1-6-32(4,5)28-20-29(40(38-28)26-10-7-22(2)8-11-26)37-31(41)35-21-24-19-25(33)9-12-27(24)43-30(13-14-34)36-23(3)39-15-17-42-18-16-39/h7-14,19-20H,3,6,15-18,21,34H2,1-2,4-5H3,(H2,35,37,41)/b14-13-,36-30+. The van der Waals surface area contributed by atoms with E-state index < -0.39 is 11.8 Å². The van der Waals surface area contributed by atoms with Crippen LogP contribution in [0.1, 0.15) is 44.0 Å². The first-order valence-electron chi connectivity index (χ1n) is 14.3. The smallest absolute Gasteiger partial charge is 0.320 e. The van der Waals surface area contributed by atoms with Gasteiger partial charge in [-0.25, -0.2) is 13.9 Å². The fourth-order valence-corrected chi connectivity index (χ4v) is 4.29. The van der Waals surface area contributed by atoms with Crippen molar-refractivity contribution in [3.05, 3.63) is 95.8 Å². The van der Waals surface area contributed by atoms with Gasteiger partial charge in [0.15, 0.2) is 0 Å². The number of anilines is 1. The third kappa shape index (κ3) is 8.23. The van der Waals surface area contributed by atoms with Gasteiger partial charge in [0.25, 0.3) is 0 Å². The van der Waals surface area contributed by atoms with E-state index in [1.807, 2.05) is 42.2 Å². The Morgan fingerprint density at radius 3 is 2.60 bits per heavy atom. The number of aromatic nitrogens is 2. The van der Waals surface area contributed by atoms with E-state index in [-0.39, 0.29) is 17.9 Å². The molecule has 1 aromatic heterocycles. The molecule has 0 atom stereocenters. The number of hydrogen-bond donors (Lipinski definition) is 3. The van der Waals surface area contributed by atoms with Crippen LogP contribution in [0.15, 0.2) is 78.2 Å². The van der Waals surface area contributed by atoms with E-state index in [2.05, 4.69) is 43.0 Å². The van der Waals surface area contributed by atoms with Crippen LogP contribution in [-0.4, -0.2) is 52.9 Å². The van der Waals surface area contributed by atoms with Crippen molar-refractivity contribution in [3.63, 3.8) is 0 Å². The Kier molecular flexibility index (Phi) is 10.2. The first kappa shape index (κ1) is 31.3. The number of rotatable bonds is 10. The number of aliphatic imine (C=N–C) groups is 1. The van der Waals surface area contributed by atoms with Crippen LogP contribution in [-0.2, 0) is 16.7 Å². The number of amides is 2. The van der Waals surface area contributed by atoms with Crippen LogP contribution >= 0.6 is 0 Å². The van der Waals surface area contributed by atoms with E-state index in [0.717, 1.165) is 23.4 Å². The minimum absolute atomic E-state index is 0.0189. The lowest BCUT2D eigenvalue weighted by atomic mass is 9.87. The largest absolute Gasteiger partial charge is 0.439 e. The van der Waals surface area contributed by atoms with E-state index in [4.69, 9.17) is 20.3 Å². The zero-order valence-corrected chi connectivity index (χ0v) is 25.2. The average Bonchev–Trinajstić information content (AvgIpc) is 3.42. The minimum atomic E-state index is -0.485. The molecule has 2 heterocycles. The Morgan fingerprint density at radius 1 is 1.21 bits per heavy atom. The van der Waals surface area contributed by atoms with E-state index in [1.165, 1.54) is 30.5 Å². The molecule has 0 aliphatic carbocycles. The molecule has 0 radical (unpaired) electrons. The average molecular weight is 590 g/mol. The predicted molar refractivity (Wildman–Crippen MR) is 167 cm³/mol. The van der Waals surface area contributed by atoms with Crippen molar-refractivity contribution in [1.82, 2.24) is 20.0 Å². The van der Waals surface area contributed by atoms with Gasteiger partial charge in [-0.15, -0.1) is 0 Å². The molecular formula is C32H40FN7O3. The summed E-state index contributed by atoms with van der Waals surface area (Å²) in [5, 5.41) is 10.5. The normalized spacial score (nSPS) is 14.2. The van der Waals surface area contributed by atoms with Gasteiger partial charge in [0.05, 0.1) is 24.6 Å². The molecule has 11 heteroatoms. The van der Waals surface area contributed by atoms with Crippen LogP contribution in [0.4, 0.5) is 15.0 Å². The lowest BCUT2D eigenvalue weighted by Crippen LogP contribution is -2.35. The number of urea groups is 1. The second kappa shape index (κ2) is 14.0. The summed E-state index contributed by atoms with van der Waals surface area (Å²) in [7, 11) is 0. The molecule has 10 nitrogen and oxygen atoms in total. The highest BCUT2D eigenvalue weighted by Gasteiger charge is 2.24. The van der Waals surface area contributed by atoms with Gasteiger partial charge in [-0.2, -0.15) is 10.1 Å². The lowest BCUT2D eigenvalue weighted by molar-refractivity contribution is 0.0533. The van der Waals surface area contributed by atoms with Gasteiger partial charge in [0.1, 0.15) is 23.2 Å². The maximum Gasteiger partial charge on any atom is 0.320 e. The van der Waals surface area contributed by atoms with Crippen molar-refractivity contribution in [3.8, 4) is 11.4 Å². The SMILES string of the molecule is C=C(/N=C(\C=C/N)Oc1ccc(F)cc1CNC(=O)Nc1cc(C(C)(C)CC)nn1-c1ccc(C)cc1)N1CCOCC1. The maximum absolute atomic E-state index is 14.3. The molecule has 43 heavy (non-hydrogen) atoms. The maximum atomic E-state index is 14.3. The summed E-state index contributed by atoms with van der Waals surface area (Å²) in [5.74, 6) is 1.01. The number of morpholine rings is 1. The van der Waals surface area contributed by atoms with E-state index >= 15 is 0 Å². The first-order chi connectivity index (χ1) is 20.6. The number of halogens is 1. The number of nitrogens with two attached hydrogens (primary N) is 1. The van der Waals surface area contributed by atoms with Gasteiger partial charge in [-0.1, -0.05) is 45.0 Å². The summed E-state index contributed by atoms with van der Waals surface area (Å²) < 4.78 is 27.4. The van der Waals surface area contributed by atoms with Crippen LogP contribution in [0.2, 0.25) is 0 Å². The van der Waals surface area contributed by atoms with Crippen molar-refractivity contribution < 1.29 is 18.7 Å². The van der Waals surface area contributed by atoms with Crippen molar-refractivity contribution in [2.75, 3.05) is 31.6 Å². The van der Waals surface area contributed by atoms with E-state index in [1.54, 1.807) is 4.68 Å². The number of hydrogen-bond acceptors (Lipinski definition) is 7. The Morgan fingerprint density at radius 2 is 1.93 bits per heavy atom. The highest BCUT2D eigenvalue weighted by Crippen LogP contribution is 2.29. The first-order valence-corrected chi connectivity index (χ1v) is 14.3. The molecule has 0 unspecified atom stereocenters. The van der Waals surface area contributed by atoms with Gasteiger partial charge < -0.3 is 25.4 Å². The number of ether oxygens (including phenoxy) is 2. The monoisotopic (exact) mass is 589 g/mol. The molecular weight excluding hydrogens is 549 g/mol. The molecule has 228 valence electrons. The van der Waals surface area contributed by atoms with Crippen LogP contribution in [0, 0.1) is 12.7 Å². The molecule has 0 saturated carbocycles. The van der Waals surface area contributed by atoms with Gasteiger partial charge in [-0.3, -0.25) is 5.32 Å². The number of carbonyl (C=O) groups excluding carboxylic acids is 1. The van der Waals surface area contributed by atoms with Gasteiger partial charge in [0.2, 0.25) is 5.90 Å².